The minimum atomic E-state index is -0.817. The van der Waals surface area contributed by atoms with Gasteiger partial charge in [0.2, 0.25) is 0 Å². The summed E-state index contributed by atoms with van der Waals surface area (Å²) < 4.78 is 0. The molecule has 0 unspecified atom stereocenters. The minimum absolute atomic E-state index is 0.817. The van der Waals surface area contributed by atoms with E-state index < -0.39 is 7.80 Å². The van der Waals surface area contributed by atoms with Gasteiger partial charge in [0.05, 0.1) is 0 Å². The number of hydrogen-bond donors (Lipinski definition) is 0. The monoisotopic (exact) mass is 296 g/mol. The lowest BCUT2D eigenvalue weighted by atomic mass is 10.1. The van der Waals surface area contributed by atoms with Crippen LogP contribution >= 0.6 is 7.80 Å². The van der Waals surface area contributed by atoms with Crippen molar-refractivity contribution < 1.29 is 0 Å². The standard InChI is InChI=1S/C20H14BP/c21-22(19-11-9-15-5-1-3-7-17(15)13-19)20-12-10-16-6-2-4-8-18(16)14-20/h1-14H/q-1. The Balaban J connectivity index is 1.78. The van der Waals surface area contributed by atoms with Gasteiger partial charge in [0.1, 0.15) is 0 Å². The van der Waals surface area contributed by atoms with Gasteiger partial charge in [-0.3, -0.25) is 0 Å². The maximum atomic E-state index is 6.56. The highest BCUT2D eigenvalue weighted by Crippen LogP contribution is 2.30. The molecule has 0 amide bonds. The summed E-state index contributed by atoms with van der Waals surface area (Å²) in [5.41, 5.74) is 0. The molecule has 0 nitrogen and oxygen atoms in total. The summed E-state index contributed by atoms with van der Waals surface area (Å²) in [6, 6.07) is 29.9. The SMILES string of the molecule is [B-]P(c1ccc2ccccc2c1)c1ccc2ccccc2c1. The second-order valence-corrected chi connectivity index (χ2v) is 7.21. The van der Waals surface area contributed by atoms with Crippen molar-refractivity contribution in [1.82, 2.24) is 0 Å². The summed E-state index contributed by atoms with van der Waals surface area (Å²) in [6.07, 6.45) is 0. The molecular formula is C20H14BP-. The summed E-state index contributed by atoms with van der Waals surface area (Å²) in [6.45, 7) is 0. The molecule has 3 radical (unpaired) electrons. The summed E-state index contributed by atoms with van der Waals surface area (Å²) >= 11 is 0. The third-order valence-corrected chi connectivity index (χ3v) is 5.69. The number of hydrogen-bond acceptors (Lipinski definition) is 0. The highest BCUT2D eigenvalue weighted by molar-refractivity contribution is 7.94. The van der Waals surface area contributed by atoms with Crippen LogP contribution in [0.25, 0.3) is 21.5 Å². The van der Waals surface area contributed by atoms with E-state index in [2.05, 4.69) is 84.9 Å². The molecule has 0 aliphatic carbocycles. The lowest BCUT2D eigenvalue weighted by molar-refractivity contribution is 1.77. The lowest BCUT2D eigenvalue weighted by Gasteiger charge is -2.28. The van der Waals surface area contributed by atoms with Crippen molar-refractivity contribution in [3.63, 3.8) is 0 Å². The molecule has 0 bridgehead atoms. The first-order valence-corrected chi connectivity index (χ1v) is 8.75. The third kappa shape index (κ3) is 2.43. The summed E-state index contributed by atoms with van der Waals surface area (Å²) in [4.78, 5) is 0. The number of rotatable bonds is 2. The van der Waals surface area contributed by atoms with Crippen LogP contribution in [0.3, 0.4) is 0 Å². The lowest BCUT2D eigenvalue weighted by Crippen LogP contribution is -2.11. The number of fused-ring (bicyclic) bond motifs is 2. The molecular weight excluding hydrogens is 282 g/mol. The quantitative estimate of drug-likeness (QED) is 0.377. The molecule has 4 rings (SSSR count). The van der Waals surface area contributed by atoms with Crippen molar-refractivity contribution in [1.29, 1.82) is 0 Å². The Labute approximate surface area is 132 Å². The minimum Gasteiger partial charge on any atom is -0.567 e. The molecule has 0 atom stereocenters. The topological polar surface area (TPSA) is 0 Å². The Bertz CT molecular complexity index is 882. The van der Waals surface area contributed by atoms with Crippen molar-refractivity contribution in [2.45, 2.75) is 0 Å². The number of benzene rings is 4. The average molecular weight is 296 g/mol. The normalized spacial score (nSPS) is 11.4. The molecule has 0 spiro atoms. The maximum absolute atomic E-state index is 6.56. The average Bonchev–Trinajstić information content (AvgIpc) is 2.60. The molecule has 0 aromatic heterocycles. The van der Waals surface area contributed by atoms with Crippen LogP contribution in [0.2, 0.25) is 0 Å². The second kappa shape index (κ2) is 5.59. The molecule has 0 aliphatic rings. The van der Waals surface area contributed by atoms with Gasteiger partial charge in [0.15, 0.2) is 0 Å². The van der Waals surface area contributed by atoms with Crippen LogP contribution in [-0.2, 0) is 0 Å². The molecule has 0 heterocycles. The molecule has 0 fully saturated rings. The fourth-order valence-corrected chi connectivity index (χ4v) is 4.13. The third-order valence-electron chi connectivity index (χ3n) is 4.02. The van der Waals surface area contributed by atoms with E-state index in [4.69, 9.17) is 7.57 Å². The highest BCUT2D eigenvalue weighted by Gasteiger charge is 2.00. The van der Waals surface area contributed by atoms with Crippen molar-refractivity contribution in [2.24, 2.45) is 0 Å². The smallest absolute Gasteiger partial charge is 0.0179 e. The molecule has 0 saturated heterocycles. The molecule has 0 N–H and O–H groups in total. The molecule has 4 aromatic carbocycles. The first kappa shape index (κ1) is 13.6. The van der Waals surface area contributed by atoms with Crippen LogP contribution in [0.15, 0.2) is 84.9 Å². The zero-order valence-corrected chi connectivity index (χ0v) is 13.0. The fraction of sp³-hybridized carbons (Fsp3) is 0. The van der Waals surface area contributed by atoms with E-state index in [0.29, 0.717) is 0 Å². The van der Waals surface area contributed by atoms with Gasteiger partial charge in [-0.2, -0.15) is 0 Å². The van der Waals surface area contributed by atoms with Gasteiger partial charge in [-0.25, -0.2) is 0 Å². The largest absolute Gasteiger partial charge is 0.567 e. The van der Waals surface area contributed by atoms with E-state index in [-0.39, 0.29) is 0 Å². The van der Waals surface area contributed by atoms with Gasteiger partial charge in [0, 0.05) is 0 Å². The predicted octanol–water partition coefficient (Wildman–Crippen LogP) is 4.51. The van der Waals surface area contributed by atoms with E-state index in [0.717, 1.165) is 0 Å². The van der Waals surface area contributed by atoms with E-state index >= 15 is 0 Å². The first-order valence-electron chi connectivity index (χ1n) is 7.34. The van der Waals surface area contributed by atoms with Crippen molar-refractivity contribution in [3.05, 3.63) is 84.9 Å². The molecule has 22 heavy (non-hydrogen) atoms. The first-order chi connectivity index (χ1) is 10.8. The molecule has 4 aromatic rings. The Morgan fingerprint density at radius 3 is 1.36 bits per heavy atom. The van der Waals surface area contributed by atoms with Gasteiger partial charge in [-0.1, -0.05) is 83.4 Å². The van der Waals surface area contributed by atoms with Gasteiger partial charge < -0.3 is 15.4 Å². The van der Waals surface area contributed by atoms with Crippen LogP contribution in [0.1, 0.15) is 0 Å². The van der Waals surface area contributed by atoms with Crippen molar-refractivity contribution >= 4 is 47.5 Å². The zero-order chi connectivity index (χ0) is 14.9. The predicted molar refractivity (Wildman–Crippen MR) is 99.8 cm³/mol. The van der Waals surface area contributed by atoms with Gasteiger partial charge >= 0.3 is 0 Å². The van der Waals surface area contributed by atoms with E-state index in [1.54, 1.807) is 0 Å². The maximum Gasteiger partial charge on any atom is -0.0179 e. The van der Waals surface area contributed by atoms with Crippen LogP contribution in [0.4, 0.5) is 0 Å². The Morgan fingerprint density at radius 2 is 0.909 bits per heavy atom. The van der Waals surface area contributed by atoms with Gasteiger partial charge in [-0.15, -0.1) is 0 Å². The summed E-state index contributed by atoms with van der Waals surface area (Å²) in [5, 5.41) is 7.44. The van der Waals surface area contributed by atoms with Crippen LogP contribution in [0, 0.1) is 0 Å². The fourth-order valence-electron chi connectivity index (χ4n) is 2.80. The van der Waals surface area contributed by atoms with Crippen molar-refractivity contribution in [2.75, 3.05) is 0 Å². The Hall–Kier alpha value is -2.11. The van der Waals surface area contributed by atoms with Crippen molar-refractivity contribution in [3.8, 4) is 0 Å². The van der Waals surface area contributed by atoms with Crippen LogP contribution < -0.4 is 10.6 Å². The van der Waals surface area contributed by atoms with E-state index in [9.17, 15) is 0 Å². The highest BCUT2D eigenvalue weighted by atomic mass is 31.1. The molecule has 103 valence electrons. The molecule has 2 heteroatoms. The molecule has 0 aliphatic heterocycles. The second-order valence-electron chi connectivity index (χ2n) is 5.43. The van der Waals surface area contributed by atoms with E-state index in [1.165, 1.54) is 32.2 Å². The zero-order valence-electron chi connectivity index (χ0n) is 12.1. The Morgan fingerprint density at radius 1 is 0.500 bits per heavy atom. The summed E-state index contributed by atoms with van der Waals surface area (Å²) in [5.74, 6) is 0. The summed E-state index contributed by atoms with van der Waals surface area (Å²) in [7, 11) is 5.75. The van der Waals surface area contributed by atoms with Crippen LogP contribution in [-0.4, -0.2) is 7.57 Å². The van der Waals surface area contributed by atoms with Gasteiger partial charge in [0.25, 0.3) is 0 Å². The molecule has 0 saturated carbocycles. The van der Waals surface area contributed by atoms with Crippen LogP contribution in [0.5, 0.6) is 0 Å². The Kier molecular flexibility index (Phi) is 3.44. The van der Waals surface area contributed by atoms with Gasteiger partial charge in [-0.05, 0) is 33.7 Å². The van der Waals surface area contributed by atoms with E-state index in [1.807, 2.05) is 0 Å².